The number of thioether (sulfide) groups is 1. The highest BCUT2D eigenvalue weighted by Crippen LogP contribution is 2.26. The Morgan fingerprint density at radius 2 is 1.71 bits per heavy atom. The summed E-state index contributed by atoms with van der Waals surface area (Å²) in [5.74, 6) is -0.492. The largest absolute Gasteiger partial charge is 0.465 e. The summed E-state index contributed by atoms with van der Waals surface area (Å²) in [5, 5.41) is 12.1. The Morgan fingerprint density at radius 1 is 1.06 bits per heavy atom. The molecule has 2 aromatic carbocycles. The highest BCUT2D eigenvalue weighted by atomic mass is 32.2. The number of nitrogens with one attached hydrogen (secondary N) is 1. The second-order valence-corrected chi connectivity index (χ2v) is 8.66. The number of esters is 1. The van der Waals surface area contributed by atoms with E-state index in [1.54, 1.807) is 31.2 Å². The van der Waals surface area contributed by atoms with Gasteiger partial charge in [0, 0.05) is 10.8 Å². The molecule has 0 radical (unpaired) electrons. The van der Waals surface area contributed by atoms with Crippen molar-refractivity contribution in [3.05, 3.63) is 58.8 Å². The smallest absolute Gasteiger partial charge is 0.316 e. The van der Waals surface area contributed by atoms with Crippen LogP contribution in [-0.4, -0.2) is 39.0 Å². The average Bonchev–Trinajstić information content (AvgIpc) is 3.22. The first-order valence-corrected chi connectivity index (χ1v) is 11.3. The molecular weight excluding hydrogens is 436 g/mol. The topological polar surface area (TPSA) is 103 Å². The molecule has 8 nitrogen and oxygen atoms in total. The zero-order valence-corrected chi connectivity index (χ0v) is 18.2. The van der Waals surface area contributed by atoms with Gasteiger partial charge in [0.15, 0.2) is 9.77 Å². The van der Waals surface area contributed by atoms with Crippen LogP contribution in [0.4, 0.5) is 5.13 Å². The third-order valence-electron chi connectivity index (χ3n) is 4.45. The van der Waals surface area contributed by atoms with E-state index in [9.17, 15) is 14.4 Å². The highest BCUT2D eigenvalue weighted by molar-refractivity contribution is 8.01. The van der Waals surface area contributed by atoms with E-state index in [4.69, 9.17) is 4.74 Å². The minimum Gasteiger partial charge on any atom is -0.465 e. The standard InChI is InChI=1S/C21H18N4O4S2/c1-2-29-18(27)12-30-21-24-23-20(31-21)22-17(26)11-25-15-9-5-3-7-13(15)19(28)14-8-4-6-10-16(14)25/h3-10H,2,11-12H2,1H3,(H,22,23,26). The van der Waals surface area contributed by atoms with E-state index in [0.717, 1.165) is 0 Å². The molecule has 0 bridgehead atoms. The summed E-state index contributed by atoms with van der Waals surface area (Å²) in [6.07, 6.45) is 0. The summed E-state index contributed by atoms with van der Waals surface area (Å²) < 4.78 is 7.26. The molecule has 0 fully saturated rings. The second kappa shape index (κ2) is 9.27. The van der Waals surface area contributed by atoms with Crippen LogP contribution < -0.4 is 10.7 Å². The quantitative estimate of drug-likeness (QED) is 0.198. The first kappa shape index (κ1) is 21.0. The van der Waals surface area contributed by atoms with Gasteiger partial charge in [0.05, 0.1) is 23.4 Å². The zero-order chi connectivity index (χ0) is 21.8. The van der Waals surface area contributed by atoms with Gasteiger partial charge in [-0.1, -0.05) is 47.4 Å². The summed E-state index contributed by atoms with van der Waals surface area (Å²) in [6, 6.07) is 14.5. The van der Waals surface area contributed by atoms with E-state index in [2.05, 4.69) is 15.5 Å². The van der Waals surface area contributed by atoms with Gasteiger partial charge in [-0.3, -0.25) is 19.7 Å². The molecule has 4 aromatic rings. The molecule has 2 heterocycles. The Morgan fingerprint density at radius 3 is 2.35 bits per heavy atom. The zero-order valence-electron chi connectivity index (χ0n) is 16.5. The van der Waals surface area contributed by atoms with E-state index in [1.807, 2.05) is 28.8 Å². The van der Waals surface area contributed by atoms with E-state index in [1.165, 1.54) is 23.1 Å². The number of pyridine rings is 1. The van der Waals surface area contributed by atoms with Gasteiger partial charge in [-0.15, -0.1) is 10.2 Å². The van der Waals surface area contributed by atoms with Crippen molar-refractivity contribution in [3.8, 4) is 0 Å². The molecule has 1 amide bonds. The summed E-state index contributed by atoms with van der Waals surface area (Å²) in [4.78, 5) is 37.0. The van der Waals surface area contributed by atoms with Crippen LogP contribution in [0.5, 0.6) is 0 Å². The monoisotopic (exact) mass is 454 g/mol. The van der Waals surface area contributed by atoms with E-state index in [-0.39, 0.29) is 29.6 Å². The number of hydrogen-bond acceptors (Lipinski definition) is 8. The predicted octanol–water partition coefficient (Wildman–Crippen LogP) is 3.30. The molecule has 4 rings (SSSR count). The second-order valence-electron chi connectivity index (χ2n) is 6.46. The molecule has 0 saturated carbocycles. The van der Waals surface area contributed by atoms with Crippen LogP contribution in [0.25, 0.3) is 21.8 Å². The Balaban J connectivity index is 1.55. The Hall–Kier alpha value is -3.24. The van der Waals surface area contributed by atoms with Gasteiger partial charge in [0.2, 0.25) is 11.0 Å². The normalized spacial score (nSPS) is 11.0. The van der Waals surface area contributed by atoms with Crippen LogP contribution in [0.1, 0.15) is 6.92 Å². The van der Waals surface area contributed by atoms with Gasteiger partial charge >= 0.3 is 5.97 Å². The predicted molar refractivity (Wildman–Crippen MR) is 122 cm³/mol. The molecule has 0 unspecified atom stereocenters. The number of fused-ring (bicyclic) bond motifs is 2. The first-order valence-electron chi connectivity index (χ1n) is 9.49. The Bertz CT molecular complexity index is 1270. The number of benzene rings is 2. The molecule has 158 valence electrons. The maximum absolute atomic E-state index is 12.8. The number of carbonyl (C=O) groups is 2. The third-order valence-corrected chi connectivity index (χ3v) is 6.40. The molecule has 0 aliphatic carbocycles. The van der Waals surface area contributed by atoms with Crippen molar-refractivity contribution >= 4 is 61.9 Å². The van der Waals surface area contributed by atoms with E-state index >= 15 is 0 Å². The van der Waals surface area contributed by atoms with Crippen LogP contribution >= 0.6 is 23.1 Å². The van der Waals surface area contributed by atoms with Gasteiger partial charge in [0.25, 0.3) is 0 Å². The fraction of sp³-hybridized carbons (Fsp3) is 0.190. The lowest BCUT2D eigenvalue weighted by Gasteiger charge is -2.14. The van der Waals surface area contributed by atoms with Crippen molar-refractivity contribution < 1.29 is 14.3 Å². The van der Waals surface area contributed by atoms with E-state index < -0.39 is 0 Å². The molecule has 10 heteroatoms. The van der Waals surface area contributed by atoms with Gasteiger partial charge in [-0.05, 0) is 31.2 Å². The molecule has 0 aliphatic rings. The molecule has 2 aromatic heterocycles. The first-order chi connectivity index (χ1) is 15.1. The molecule has 1 N–H and O–H groups in total. The Kier molecular flexibility index (Phi) is 6.28. The van der Waals surface area contributed by atoms with Gasteiger partial charge in [-0.2, -0.15) is 0 Å². The maximum Gasteiger partial charge on any atom is 0.316 e. The van der Waals surface area contributed by atoms with Gasteiger partial charge in [-0.25, -0.2) is 0 Å². The summed E-state index contributed by atoms with van der Waals surface area (Å²) >= 11 is 2.39. The number of ether oxygens (including phenoxy) is 1. The van der Waals surface area contributed by atoms with Crippen LogP contribution in [-0.2, 0) is 20.9 Å². The third kappa shape index (κ3) is 4.59. The molecule has 31 heavy (non-hydrogen) atoms. The molecular formula is C21H18N4O4S2. The van der Waals surface area contributed by atoms with Crippen molar-refractivity contribution in [3.63, 3.8) is 0 Å². The number of anilines is 1. The number of rotatable bonds is 7. The summed E-state index contributed by atoms with van der Waals surface area (Å²) in [6.45, 7) is 2.08. The minimum atomic E-state index is -0.328. The van der Waals surface area contributed by atoms with Gasteiger partial charge in [0.1, 0.15) is 6.54 Å². The number of amides is 1. The Labute approximate surface area is 185 Å². The minimum absolute atomic E-state index is 0.00614. The van der Waals surface area contributed by atoms with Crippen molar-refractivity contribution in [2.75, 3.05) is 17.7 Å². The number of nitrogens with zero attached hydrogens (tertiary/aromatic N) is 3. The maximum atomic E-state index is 12.8. The molecule has 0 saturated heterocycles. The number of para-hydroxylation sites is 2. The lowest BCUT2D eigenvalue weighted by molar-refractivity contribution is -0.139. The van der Waals surface area contributed by atoms with E-state index in [0.29, 0.717) is 37.9 Å². The van der Waals surface area contributed by atoms with Crippen LogP contribution in [0.15, 0.2) is 57.7 Å². The highest BCUT2D eigenvalue weighted by Gasteiger charge is 2.15. The summed E-state index contributed by atoms with van der Waals surface area (Å²) in [7, 11) is 0. The molecule has 0 atom stereocenters. The summed E-state index contributed by atoms with van der Waals surface area (Å²) in [5.41, 5.74) is 1.31. The van der Waals surface area contributed by atoms with Crippen LogP contribution in [0, 0.1) is 0 Å². The molecule has 0 aliphatic heterocycles. The fourth-order valence-corrected chi connectivity index (χ4v) is 4.76. The van der Waals surface area contributed by atoms with Crippen molar-refractivity contribution in [1.82, 2.24) is 14.8 Å². The van der Waals surface area contributed by atoms with Crippen molar-refractivity contribution in [2.24, 2.45) is 0 Å². The average molecular weight is 455 g/mol. The van der Waals surface area contributed by atoms with Crippen molar-refractivity contribution in [2.45, 2.75) is 17.8 Å². The van der Waals surface area contributed by atoms with Crippen molar-refractivity contribution in [1.29, 1.82) is 0 Å². The number of carbonyl (C=O) groups excluding carboxylic acids is 2. The number of hydrogen-bond donors (Lipinski definition) is 1. The number of aromatic nitrogens is 3. The van der Waals surface area contributed by atoms with Gasteiger partial charge < -0.3 is 9.30 Å². The van der Waals surface area contributed by atoms with Crippen LogP contribution in [0.2, 0.25) is 0 Å². The molecule has 0 spiro atoms. The lowest BCUT2D eigenvalue weighted by Crippen LogP contribution is -2.21. The lowest BCUT2D eigenvalue weighted by atomic mass is 10.1. The SMILES string of the molecule is CCOC(=O)CSc1nnc(NC(=O)Cn2c3ccccc3c(=O)c3ccccc32)s1. The van der Waals surface area contributed by atoms with Crippen LogP contribution in [0.3, 0.4) is 0 Å². The fourth-order valence-electron chi connectivity index (χ4n) is 3.19.